The lowest BCUT2D eigenvalue weighted by Gasteiger charge is -2.61. The molecule has 0 spiro atoms. The predicted octanol–water partition coefficient (Wildman–Crippen LogP) is 9.50. The molecule has 0 nitrogen and oxygen atoms in total. The van der Waals surface area contributed by atoms with Gasteiger partial charge in [0.25, 0.3) is 0 Å². The van der Waals surface area contributed by atoms with E-state index in [9.17, 15) is 0 Å². The van der Waals surface area contributed by atoms with Gasteiger partial charge in [0, 0.05) is 0 Å². The van der Waals surface area contributed by atoms with E-state index in [1.54, 1.807) is 19.3 Å². The van der Waals surface area contributed by atoms with Crippen molar-refractivity contribution in [1.82, 2.24) is 0 Å². The summed E-state index contributed by atoms with van der Waals surface area (Å²) in [6, 6.07) is 34.6. The molecule has 0 heterocycles. The van der Waals surface area contributed by atoms with Crippen molar-refractivity contribution in [1.29, 1.82) is 0 Å². The molecule has 2 heteroatoms. The molecule has 4 aliphatic carbocycles. The number of halogens is 1. The second-order valence-corrected chi connectivity index (χ2v) is 21.9. The zero-order valence-electron chi connectivity index (χ0n) is 32.2. The lowest BCUT2D eigenvalue weighted by Crippen LogP contribution is -3.00. The summed E-state index contributed by atoms with van der Waals surface area (Å²) in [6.45, 7) is 13.2. The van der Waals surface area contributed by atoms with Crippen molar-refractivity contribution in [3.63, 3.8) is 0 Å². The Morgan fingerprint density at radius 2 is 1.22 bits per heavy atom. The van der Waals surface area contributed by atoms with Gasteiger partial charge in [0.15, 0.2) is 0 Å². The van der Waals surface area contributed by atoms with Crippen LogP contribution in [0.2, 0.25) is 0 Å². The Kier molecular flexibility index (Phi) is 12.5. The van der Waals surface area contributed by atoms with Gasteiger partial charge in [-0.05, 0) is 159 Å². The molecule has 3 unspecified atom stereocenters. The second kappa shape index (κ2) is 16.3. The van der Waals surface area contributed by atoms with Crippen molar-refractivity contribution < 1.29 is 17.0 Å². The fraction of sp³-hybridized carbons (Fsp3) is 0.625. The van der Waals surface area contributed by atoms with Gasteiger partial charge in [-0.15, -0.1) is 0 Å². The van der Waals surface area contributed by atoms with Crippen LogP contribution in [0, 0.1) is 58.2 Å². The smallest absolute Gasteiger partial charge is 0.112 e. The van der Waals surface area contributed by atoms with Crippen molar-refractivity contribution in [3.8, 4) is 0 Å². The van der Waals surface area contributed by atoms with Crippen LogP contribution in [-0.4, -0.2) is 6.16 Å². The SMILES string of the molecule is CCCC1CC[C@@]2(C)C(CC[C@H]3[C@@H]4CC[C@H]([C@H](C)CCCC(C)C[P+](c5ccccc5)(c5ccccc5)c5ccccc5)[C@@]4(C)CC[C@@H]32)C1.[Br-]. The highest BCUT2D eigenvalue weighted by molar-refractivity contribution is 7.95. The quantitative estimate of drug-likeness (QED) is 0.162. The Morgan fingerprint density at radius 1 is 0.660 bits per heavy atom. The number of hydrogen-bond acceptors (Lipinski definition) is 0. The maximum Gasteiger partial charge on any atom is 0.112 e. The summed E-state index contributed by atoms with van der Waals surface area (Å²) in [5, 5.41) is 4.60. The molecule has 50 heavy (non-hydrogen) atoms. The van der Waals surface area contributed by atoms with E-state index in [4.69, 9.17) is 0 Å². The summed E-state index contributed by atoms with van der Waals surface area (Å²) in [7, 11) is -1.76. The van der Waals surface area contributed by atoms with E-state index < -0.39 is 7.26 Å². The minimum atomic E-state index is -1.76. The van der Waals surface area contributed by atoms with Crippen molar-refractivity contribution in [2.45, 2.75) is 125 Å². The molecular formula is C48H68BrP. The molecule has 3 aromatic rings. The van der Waals surface area contributed by atoms with Crippen LogP contribution in [0.1, 0.15) is 125 Å². The van der Waals surface area contributed by atoms with Gasteiger partial charge in [-0.2, -0.15) is 0 Å². The molecule has 4 aliphatic rings. The maximum atomic E-state index is 2.79. The monoisotopic (exact) mass is 754 g/mol. The Balaban J connectivity index is 0.00000432. The standard InChI is InChI=1S/C48H68P.BrH/c1-6-17-38-30-32-47(4)39(34-38)26-27-43-45-29-28-44(48(45,5)33-31-46(43)47)37(3)19-16-18-36(2)35-49(40-20-10-7-11-21-40,41-22-12-8-13-23-41)42-24-14-9-15-25-42;/h7-15,20-25,36-39,43-46H,6,16-19,26-35H2,1-5H3;1H/q+1;/p-1/t36?,37-,38?,39?,43+,44-,45+,46+,47+,48-;/m1./s1. The van der Waals surface area contributed by atoms with Gasteiger partial charge in [0.1, 0.15) is 23.2 Å². The summed E-state index contributed by atoms with van der Waals surface area (Å²) in [6.07, 6.45) is 22.0. The third-order valence-corrected chi connectivity index (χ3v) is 20.5. The van der Waals surface area contributed by atoms with Crippen LogP contribution in [0.5, 0.6) is 0 Å². The summed E-state index contributed by atoms with van der Waals surface area (Å²) in [5.41, 5.74) is 1.23. The van der Waals surface area contributed by atoms with Gasteiger partial charge in [0.05, 0.1) is 6.16 Å². The van der Waals surface area contributed by atoms with Gasteiger partial charge in [-0.3, -0.25) is 0 Å². The number of benzene rings is 3. The summed E-state index contributed by atoms with van der Waals surface area (Å²) in [4.78, 5) is 0. The van der Waals surface area contributed by atoms with Crippen LogP contribution in [0.15, 0.2) is 91.0 Å². The van der Waals surface area contributed by atoms with Crippen molar-refractivity contribution in [2.24, 2.45) is 58.2 Å². The summed E-state index contributed by atoms with van der Waals surface area (Å²) >= 11 is 0. The first-order chi connectivity index (χ1) is 23.8. The third-order valence-electron chi connectivity index (χ3n) is 15.8. The molecule has 0 N–H and O–H groups in total. The number of fused-ring (bicyclic) bond motifs is 5. The Morgan fingerprint density at radius 3 is 1.80 bits per heavy atom. The van der Waals surface area contributed by atoms with Crippen LogP contribution in [0.3, 0.4) is 0 Å². The van der Waals surface area contributed by atoms with Gasteiger partial charge >= 0.3 is 0 Å². The molecule has 0 amide bonds. The molecule has 7 rings (SSSR count). The van der Waals surface area contributed by atoms with E-state index in [2.05, 4.69) is 126 Å². The van der Waals surface area contributed by atoms with Crippen molar-refractivity contribution >= 4 is 23.2 Å². The second-order valence-electron chi connectivity index (χ2n) is 18.3. The molecule has 10 atom stereocenters. The normalized spacial score (nSPS) is 33.3. The first-order valence-electron chi connectivity index (χ1n) is 20.8. The summed E-state index contributed by atoms with van der Waals surface area (Å²) < 4.78 is 0. The third kappa shape index (κ3) is 7.12. The predicted molar refractivity (Wildman–Crippen MR) is 216 cm³/mol. The van der Waals surface area contributed by atoms with Crippen LogP contribution < -0.4 is 32.9 Å². The van der Waals surface area contributed by atoms with Crippen LogP contribution in [0.4, 0.5) is 0 Å². The molecule has 0 radical (unpaired) electrons. The van der Waals surface area contributed by atoms with Gasteiger partial charge in [-0.25, -0.2) is 0 Å². The van der Waals surface area contributed by atoms with E-state index >= 15 is 0 Å². The molecule has 272 valence electrons. The highest BCUT2D eigenvalue weighted by Crippen LogP contribution is 2.69. The highest BCUT2D eigenvalue weighted by atomic mass is 79.9. The van der Waals surface area contributed by atoms with Crippen LogP contribution in [0.25, 0.3) is 0 Å². The lowest BCUT2D eigenvalue weighted by molar-refractivity contribution is -0.121. The maximum absolute atomic E-state index is 2.79. The fourth-order valence-corrected chi connectivity index (χ4v) is 18.0. The largest absolute Gasteiger partial charge is 1.00 e. The lowest BCUT2D eigenvalue weighted by atomic mass is 9.44. The first kappa shape index (κ1) is 38.3. The van der Waals surface area contributed by atoms with Crippen LogP contribution >= 0.6 is 7.26 Å². The van der Waals surface area contributed by atoms with Gasteiger partial charge in [-0.1, -0.05) is 115 Å². The topological polar surface area (TPSA) is 0 Å². The summed E-state index contributed by atoms with van der Waals surface area (Å²) in [5.74, 6) is 7.56. The molecular weight excluding hydrogens is 687 g/mol. The van der Waals surface area contributed by atoms with Crippen LogP contribution in [-0.2, 0) is 0 Å². The average molecular weight is 756 g/mol. The van der Waals surface area contributed by atoms with Gasteiger partial charge < -0.3 is 17.0 Å². The minimum Gasteiger partial charge on any atom is -1.00 e. The minimum absolute atomic E-state index is 0. The molecule has 0 aromatic heterocycles. The Hall–Kier alpha value is -1.43. The zero-order valence-corrected chi connectivity index (χ0v) is 34.7. The molecule has 0 bridgehead atoms. The van der Waals surface area contributed by atoms with E-state index in [0.29, 0.717) is 16.7 Å². The first-order valence-corrected chi connectivity index (χ1v) is 22.8. The molecule has 4 saturated carbocycles. The number of hydrogen-bond donors (Lipinski definition) is 0. The molecule has 0 saturated heterocycles. The highest BCUT2D eigenvalue weighted by Gasteiger charge is 2.60. The Labute approximate surface area is 318 Å². The molecule has 0 aliphatic heterocycles. The number of rotatable bonds is 12. The van der Waals surface area contributed by atoms with E-state index in [-0.39, 0.29) is 17.0 Å². The average Bonchev–Trinajstić information content (AvgIpc) is 3.49. The zero-order chi connectivity index (χ0) is 34.1. The van der Waals surface area contributed by atoms with E-state index in [0.717, 1.165) is 41.4 Å². The fourth-order valence-electron chi connectivity index (χ4n) is 13.4. The molecule has 3 aromatic carbocycles. The van der Waals surface area contributed by atoms with Gasteiger partial charge in [0.2, 0.25) is 0 Å². The van der Waals surface area contributed by atoms with Crippen molar-refractivity contribution in [2.75, 3.05) is 6.16 Å². The molecule has 4 fully saturated rings. The van der Waals surface area contributed by atoms with Crippen molar-refractivity contribution in [3.05, 3.63) is 91.0 Å². The van der Waals surface area contributed by atoms with E-state index in [1.165, 1.54) is 92.7 Å². The Bertz CT molecular complexity index is 1380. The van der Waals surface area contributed by atoms with E-state index in [1.807, 2.05) is 0 Å².